The Hall–Kier alpha value is -2.93. The van der Waals surface area contributed by atoms with Crippen LogP contribution in [-0.2, 0) is 0 Å². The summed E-state index contributed by atoms with van der Waals surface area (Å²) in [7, 11) is 0. The van der Waals surface area contributed by atoms with Crippen LogP contribution in [0.5, 0.6) is 0 Å². The highest BCUT2D eigenvalue weighted by Gasteiger charge is 2.19. The highest BCUT2D eigenvalue weighted by Crippen LogP contribution is 2.20. The molecule has 0 unspecified atom stereocenters. The number of rotatable bonds is 8. The largest absolute Gasteiger partial charge is 0.351 e. The standard InChI is InChI=1S/C20H24FN5O/c1-3-24(4-2)14-11-22-19(27)18-15-23-26(17-9-7-16(21)8-10-17)20(18)25-12-5-6-13-25/h5-10,12-13,15H,3-4,11,14H2,1-2H3,(H,22,27). The van der Waals surface area contributed by atoms with Crippen molar-refractivity contribution in [2.45, 2.75) is 13.8 Å². The van der Waals surface area contributed by atoms with Gasteiger partial charge in [-0.15, -0.1) is 0 Å². The first-order chi connectivity index (χ1) is 13.1. The summed E-state index contributed by atoms with van der Waals surface area (Å²) in [6.45, 7) is 7.45. The van der Waals surface area contributed by atoms with Crippen LogP contribution in [0.1, 0.15) is 24.2 Å². The van der Waals surface area contributed by atoms with Gasteiger partial charge in [-0.3, -0.25) is 4.79 Å². The molecule has 0 fully saturated rings. The minimum atomic E-state index is -0.317. The van der Waals surface area contributed by atoms with Crippen LogP contribution in [-0.4, -0.2) is 51.3 Å². The van der Waals surface area contributed by atoms with Crippen LogP contribution in [0.25, 0.3) is 11.5 Å². The molecular formula is C20H24FN5O. The summed E-state index contributed by atoms with van der Waals surface area (Å²) in [6, 6.07) is 9.78. The Morgan fingerprint density at radius 1 is 1.15 bits per heavy atom. The second kappa shape index (κ2) is 8.64. The molecule has 142 valence electrons. The van der Waals surface area contributed by atoms with Gasteiger partial charge in [-0.1, -0.05) is 13.8 Å². The lowest BCUT2D eigenvalue weighted by Gasteiger charge is -2.18. The number of likely N-dealkylation sites (N-methyl/N-ethyl adjacent to an activating group) is 1. The summed E-state index contributed by atoms with van der Waals surface area (Å²) in [5.41, 5.74) is 1.15. The van der Waals surface area contributed by atoms with Gasteiger partial charge in [0, 0.05) is 25.5 Å². The molecular weight excluding hydrogens is 345 g/mol. The molecule has 7 heteroatoms. The summed E-state index contributed by atoms with van der Waals surface area (Å²) in [5.74, 6) is 0.119. The van der Waals surface area contributed by atoms with Crippen molar-refractivity contribution >= 4 is 5.91 Å². The van der Waals surface area contributed by atoms with E-state index < -0.39 is 0 Å². The number of nitrogens with zero attached hydrogens (tertiary/aromatic N) is 4. The van der Waals surface area contributed by atoms with Gasteiger partial charge in [-0.2, -0.15) is 5.10 Å². The Kier molecular flexibility index (Phi) is 6.03. The molecule has 3 rings (SSSR count). The van der Waals surface area contributed by atoms with Gasteiger partial charge < -0.3 is 14.8 Å². The molecule has 0 bridgehead atoms. The molecule has 1 amide bonds. The van der Waals surface area contributed by atoms with Crippen molar-refractivity contribution in [3.05, 3.63) is 66.4 Å². The average molecular weight is 369 g/mol. The monoisotopic (exact) mass is 369 g/mol. The van der Waals surface area contributed by atoms with Gasteiger partial charge in [0.25, 0.3) is 5.91 Å². The first-order valence-electron chi connectivity index (χ1n) is 9.12. The zero-order chi connectivity index (χ0) is 19.2. The second-order valence-corrected chi connectivity index (χ2v) is 6.14. The minimum absolute atomic E-state index is 0.181. The van der Waals surface area contributed by atoms with Gasteiger partial charge in [-0.25, -0.2) is 9.07 Å². The van der Waals surface area contributed by atoms with E-state index in [1.165, 1.54) is 12.1 Å². The molecule has 0 atom stereocenters. The van der Waals surface area contributed by atoms with E-state index in [4.69, 9.17) is 0 Å². The average Bonchev–Trinajstić information content (AvgIpc) is 3.35. The SMILES string of the molecule is CCN(CC)CCNC(=O)c1cnn(-c2ccc(F)cc2)c1-n1cccc1. The molecule has 0 spiro atoms. The molecule has 6 nitrogen and oxygen atoms in total. The predicted molar refractivity (Wildman–Crippen MR) is 103 cm³/mol. The summed E-state index contributed by atoms with van der Waals surface area (Å²) >= 11 is 0. The second-order valence-electron chi connectivity index (χ2n) is 6.14. The highest BCUT2D eigenvalue weighted by atomic mass is 19.1. The number of carbonyl (C=O) groups is 1. The van der Waals surface area contributed by atoms with Crippen molar-refractivity contribution in [1.82, 2.24) is 24.6 Å². The van der Waals surface area contributed by atoms with Gasteiger partial charge in [0.1, 0.15) is 11.4 Å². The Morgan fingerprint density at radius 2 is 1.81 bits per heavy atom. The van der Waals surface area contributed by atoms with Crippen molar-refractivity contribution in [2.24, 2.45) is 0 Å². The van der Waals surface area contributed by atoms with Gasteiger partial charge in [0.05, 0.1) is 11.9 Å². The zero-order valence-corrected chi connectivity index (χ0v) is 15.6. The third kappa shape index (κ3) is 4.25. The predicted octanol–water partition coefficient (Wildman–Crippen LogP) is 2.87. The Balaban J connectivity index is 1.87. The summed E-state index contributed by atoms with van der Waals surface area (Å²) in [6.07, 6.45) is 5.25. The normalized spacial score (nSPS) is 11.1. The van der Waals surface area contributed by atoms with E-state index in [1.54, 1.807) is 23.0 Å². The Labute approximate surface area is 158 Å². The Morgan fingerprint density at radius 3 is 2.44 bits per heavy atom. The maximum Gasteiger partial charge on any atom is 0.256 e. The molecule has 2 aromatic heterocycles. The molecule has 0 aliphatic carbocycles. The zero-order valence-electron chi connectivity index (χ0n) is 15.6. The van der Waals surface area contributed by atoms with Gasteiger partial charge in [0.15, 0.2) is 5.82 Å². The van der Waals surface area contributed by atoms with Gasteiger partial charge in [0.2, 0.25) is 0 Å². The van der Waals surface area contributed by atoms with Crippen molar-refractivity contribution in [1.29, 1.82) is 0 Å². The number of hydrogen-bond donors (Lipinski definition) is 1. The minimum Gasteiger partial charge on any atom is -0.351 e. The fourth-order valence-electron chi connectivity index (χ4n) is 2.96. The lowest BCUT2D eigenvalue weighted by Crippen LogP contribution is -2.35. The van der Waals surface area contributed by atoms with Gasteiger partial charge >= 0.3 is 0 Å². The van der Waals surface area contributed by atoms with Crippen LogP contribution in [0.3, 0.4) is 0 Å². The number of nitrogens with one attached hydrogen (secondary N) is 1. The number of halogens is 1. The smallest absolute Gasteiger partial charge is 0.256 e. The first kappa shape index (κ1) is 18.8. The van der Waals surface area contributed by atoms with E-state index in [0.717, 1.165) is 19.6 Å². The van der Waals surface area contributed by atoms with Crippen molar-refractivity contribution in [3.8, 4) is 11.5 Å². The van der Waals surface area contributed by atoms with Gasteiger partial charge in [-0.05, 0) is 49.5 Å². The number of amides is 1. The summed E-state index contributed by atoms with van der Waals surface area (Å²) < 4.78 is 16.7. The molecule has 1 aromatic carbocycles. The van der Waals surface area contributed by atoms with E-state index in [1.807, 2.05) is 29.1 Å². The van der Waals surface area contributed by atoms with Crippen LogP contribution in [0, 0.1) is 5.82 Å². The van der Waals surface area contributed by atoms with Crippen LogP contribution < -0.4 is 5.32 Å². The number of aromatic nitrogens is 3. The van der Waals surface area contributed by atoms with E-state index >= 15 is 0 Å². The molecule has 0 radical (unpaired) electrons. The van der Waals surface area contributed by atoms with E-state index in [9.17, 15) is 9.18 Å². The molecule has 0 saturated carbocycles. The van der Waals surface area contributed by atoms with Crippen LogP contribution >= 0.6 is 0 Å². The molecule has 0 saturated heterocycles. The summed E-state index contributed by atoms with van der Waals surface area (Å²) in [5, 5.41) is 7.34. The van der Waals surface area contributed by atoms with E-state index in [2.05, 4.69) is 29.2 Å². The highest BCUT2D eigenvalue weighted by molar-refractivity contribution is 5.97. The topological polar surface area (TPSA) is 55.1 Å². The van der Waals surface area contributed by atoms with Crippen molar-refractivity contribution in [3.63, 3.8) is 0 Å². The van der Waals surface area contributed by atoms with E-state index in [0.29, 0.717) is 23.6 Å². The summed E-state index contributed by atoms with van der Waals surface area (Å²) in [4.78, 5) is 15.0. The number of benzene rings is 1. The van der Waals surface area contributed by atoms with Crippen LogP contribution in [0.2, 0.25) is 0 Å². The first-order valence-corrected chi connectivity index (χ1v) is 9.12. The van der Waals surface area contributed by atoms with Crippen molar-refractivity contribution < 1.29 is 9.18 Å². The quantitative estimate of drug-likeness (QED) is 0.664. The fraction of sp³-hybridized carbons (Fsp3) is 0.300. The van der Waals surface area contributed by atoms with E-state index in [-0.39, 0.29) is 11.7 Å². The Bertz CT molecular complexity index is 866. The molecule has 0 aliphatic heterocycles. The van der Waals surface area contributed by atoms with Crippen LogP contribution in [0.4, 0.5) is 4.39 Å². The molecule has 27 heavy (non-hydrogen) atoms. The van der Waals surface area contributed by atoms with Crippen LogP contribution in [0.15, 0.2) is 55.0 Å². The molecule has 2 heterocycles. The molecule has 1 N–H and O–H groups in total. The maximum absolute atomic E-state index is 13.3. The lowest BCUT2D eigenvalue weighted by atomic mass is 10.2. The third-order valence-electron chi connectivity index (χ3n) is 4.52. The third-order valence-corrected chi connectivity index (χ3v) is 4.52. The lowest BCUT2D eigenvalue weighted by molar-refractivity contribution is 0.0949. The number of hydrogen-bond acceptors (Lipinski definition) is 3. The number of carbonyl (C=O) groups excluding carboxylic acids is 1. The fourth-order valence-corrected chi connectivity index (χ4v) is 2.96. The van der Waals surface area contributed by atoms with Crippen molar-refractivity contribution in [2.75, 3.05) is 26.2 Å². The maximum atomic E-state index is 13.3. The molecule has 0 aliphatic rings. The molecule has 3 aromatic rings.